The standard InChI is InChI=1S/C14H24N2O3S2/c1-9(6-7-20-3)15(2)14(19)16-11(13(17)18)8-21-12(16)10-4-5-10/h9-12H,4-8H2,1-3H3,(H,17,18). The van der Waals surface area contributed by atoms with Gasteiger partial charge in [0, 0.05) is 18.8 Å². The van der Waals surface area contributed by atoms with E-state index in [9.17, 15) is 14.7 Å². The smallest absolute Gasteiger partial charge is 0.327 e. The number of nitrogens with zero attached hydrogens (tertiary/aromatic N) is 2. The van der Waals surface area contributed by atoms with Gasteiger partial charge in [-0.2, -0.15) is 11.8 Å². The van der Waals surface area contributed by atoms with Gasteiger partial charge in [0.05, 0.1) is 5.37 Å². The van der Waals surface area contributed by atoms with Crippen molar-refractivity contribution in [3.63, 3.8) is 0 Å². The van der Waals surface area contributed by atoms with Crippen LogP contribution in [-0.2, 0) is 4.79 Å². The third-order valence-electron chi connectivity index (χ3n) is 4.27. The number of carbonyl (C=O) groups excluding carboxylic acids is 1. The van der Waals surface area contributed by atoms with Crippen molar-refractivity contribution >= 4 is 35.5 Å². The topological polar surface area (TPSA) is 60.9 Å². The highest BCUT2D eigenvalue weighted by Crippen LogP contribution is 2.45. The summed E-state index contributed by atoms with van der Waals surface area (Å²) in [7, 11) is 1.79. The molecule has 7 heteroatoms. The molecule has 120 valence electrons. The molecule has 2 rings (SSSR count). The number of hydrogen-bond acceptors (Lipinski definition) is 4. The lowest BCUT2D eigenvalue weighted by Crippen LogP contribution is -2.53. The number of hydrogen-bond donors (Lipinski definition) is 1. The zero-order valence-corrected chi connectivity index (χ0v) is 14.5. The van der Waals surface area contributed by atoms with E-state index < -0.39 is 12.0 Å². The van der Waals surface area contributed by atoms with Gasteiger partial charge in [-0.1, -0.05) is 0 Å². The highest BCUT2D eigenvalue weighted by atomic mass is 32.2. The van der Waals surface area contributed by atoms with Gasteiger partial charge in [-0.15, -0.1) is 11.8 Å². The molecule has 2 amide bonds. The van der Waals surface area contributed by atoms with E-state index in [1.165, 1.54) is 0 Å². The average molecular weight is 332 g/mol. The van der Waals surface area contributed by atoms with E-state index in [0.29, 0.717) is 11.7 Å². The fourth-order valence-corrected chi connectivity index (χ4v) is 4.76. The average Bonchev–Trinajstić information content (AvgIpc) is 3.21. The Hall–Kier alpha value is -0.560. The minimum atomic E-state index is -0.885. The van der Waals surface area contributed by atoms with Gasteiger partial charge in [-0.3, -0.25) is 4.90 Å². The van der Waals surface area contributed by atoms with Crippen LogP contribution in [0.15, 0.2) is 0 Å². The molecule has 2 aliphatic rings. The van der Waals surface area contributed by atoms with Crippen LogP contribution in [0.5, 0.6) is 0 Å². The van der Waals surface area contributed by atoms with E-state index in [0.717, 1.165) is 25.0 Å². The summed E-state index contributed by atoms with van der Waals surface area (Å²) in [6.07, 6.45) is 5.20. The van der Waals surface area contributed by atoms with Crippen molar-refractivity contribution in [3.8, 4) is 0 Å². The molecule has 1 heterocycles. The van der Waals surface area contributed by atoms with Crippen molar-refractivity contribution < 1.29 is 14.7 Å². The van der Waals surface area contributed by atoms with Gasteiger partial charge in [-0.25, -0.2) is 9.59 Å². The van der Waals surface area contributed by atoms with E-state index in [4.69, 9.17) is 0 Å². The summed E-state index contributed by atoms with van der Waals surface area (Å²) in [5.74, 6) is 1.11. The Labute approximate surface area is 134 Å². The van der Waals surface area contributed by atoms with Crippen LogP contribution in [0, 0.1) is 5.92 Å². The predicted octanol–water partition coefficient (Wildman–Crippen LogP) is 2.42. The SMILES string of the molecule is CSCCC(C)N(C)C(=O)N1C(C(=O)O)CSC1C1CC1. The maximum Gasteiger partial charge on any atom is 0.327 e. The molecule has 0 radical (unpaired) electrons. The Balaban J connectivity index is 2.07. The molecule has 2 fully saturated rings. The molecule has 1 saturated carbocycles. The molecular formula is C14H24N2O3S2. The molecular weight excluding hydrogens is 308 g/mol. The zero-order chi connectivity index (χ0) is 15.6. The molecule has 21 heavy (non-hydrogen) atoms. The number of amides is 2. The van der Waals surface area contributed by atoms with Crippen LogP contribution in [-0.4, -0.2) is 69.2 Å². The molecule has 0 aromatic heterocycles. The number of carboxylic acid groups (broad SMARTS) is 1. The molecule has 1 aliphatic heterocycles. The highest BCUT2D eigenvalue weighted by Gasteiger charge is 2.49. The molecule has 3 unspecified atom stereocenters. The zero-order valence-electron chi connectivity index (χ0n) is 12.8. The summed E-state index contributed by atoms with van der Waals surface area (Å²) in [6, 6.07) is -0.675. The van der Waals surface area contributed by atoms with Gasteiger partial charge < -0.3 is 10.0 Å². The summed E-state index contributed by atoms with van der Waals surface area (Å²) in [4.78, 5) is 27.6. The second-order valence-electron chi connectivity index (χ2n) is 5.85. The van der Waals surface area contributed by atoms with Crippen LogP contribution >= 0.6 is 23.5 Å². The van der Waals surface area contributed by atoms with Crippen LogP contribution in [0.4, 0.5) is 4.79 Å². The first kappa shape index (κ1) is 16.8. The number of aliphatic carboxylic acids is 1. The van der Waals surface area contributed by atoms with Crippen LogP contribution < -0.4 is 0 Å². The van der Waals surface area contributed by atoms with Gasteiger partial charge in [0.25, 0.3) is 0 Å². The van der Waals surface area contributed by atoms with Crippen LogP contribution in [0.1, 0.15) is 26.2 Å². The fraction of sp³-hybridized carbons (Fsp3) is 0.857. The summed E-state index contributed by atoms with van der Waals surface area (Å²) < 4.78 is 0. The van der Waals surface area contributed by atoms with E-state index in [1.54, 1.807) is 40.4 Å². The lowest BCUT2D eigenvalue weighted by atomic mass is 10.2. The van der Waals surface area contributed by atoms with E-state index in [1.807, 2.05) is 6.92 Å². The highest BCUT2D eigenvalue weighted by molar-refractivity contribution is 8.00. The van der Waals surface area contributed by atoms with Gasteiger partial charge >= 0.3 is 12.0 Å². The van der Waals surface area contributed by atoms with Crippen molar-refractivity contribution in [3.05, 3.63) is 0 Å². The minimum absolute atomic E-state index is 0.0498. The maximum atomic E-state index is 12.8. The van der Waals surface area contributed by atoms with E-state index in [2.05, 4.69) is 6.26 Å². The number of carbonyl (C=O) groups is 2. The molecule has 0 bridgehead atoms. The minimum Gasteiger partial charge on any atom is -0.480 e. The predicted molar refractivity (Wildman–Crippen MR) is 87.9 cm³/mol. The van der Waals surface area contributed by atoms with E-state index in [-0.39, 0.29) is 17.4 Å². The summed E-state index contributed by atoms with van der Waals surface area (Å²) >= 11 is 3.39. The molecule has 0 spiro atoms. The normalized spacial score (nSPS) is 26.7. The summed E-state index contributed by atoms with van der Waals surface area (Å²) in [5.41, 5.74) is 0. The lowest BCUT2D eigenvalue weighted by Gasteiger charge is -2.34. The first-order chi connectivity index (χ1) is 9.97. The van der Waals surface area contributed by atoms with Crippen LogP contribution in [0.2, 0.25) is 0 Å². The number of carboxylic acids is 1. The lowest BCUT2D eigenvalue weighted by molar-refractivity contribution is -0.141. The monoisotopic (exact) mass is 332 g/mol. The molecule has 0 aromatic rings. The van der Waals surface area contributed by atoms with E-state index >= 15 is 0 Å². The Kier molecular flexibility index (Phi) is 5.71. The van der Waals surface area contributed by atoms with Crippen molar-refractivity contribution in [2.45, 2.75) is 43.6 Å². The molecule has 3 atom stereocenters. The Morgan fingerprint density at radius 2 is 2.14 bits per heavy atom. The van der Waals surface area contributed by atoms with Gasteiger partial charge in [0.2, 0.25) is 0 Å². The largest absolute Gasteiger partial charge is 0.480 e. The van der Waals surface area contributed by atoms with Crippen molar-refractivity contribution in [2.75, 3.05) is 24.8 Å². The summed E-state index contributed by atoms with van der Waals surface area (Å²) in [5, 5.41) is 9.44. The number of thioether (sulfide) groups is 2. The molecule has 0 aromatic carbocycles. The second kappa shape index (κ2) is 7.13. The molecule has 1 N–H and O–H groups in total. The first-order valence-electron chi connectivity index (χ1n) is 7.35. The van der Waals surface area contributed by atoms with Crippen molar-refractivity contribution in [1.82, 2.24) is 9.80 Å². The van der Waals surface area contributed by atoms with Crippen LogP contribution in [0.3, 0.4) is 0 Å². The molecule has 1 saturated heterocycles. The molecule has 5 nitrogen and oxygen atoms in total. The molecule has 1 aliphatic carbocycles. The first-order valence-corrected chi connectivity index (χ1v) is 9.80. The van der Waals surface area contributed by atoms with Gasteiger partial charge in [0.15, 0.2) is 0 Å². The number of rotatable bonds is 6. The maximum absolute atomic E-state index is 12.8. The Morgan fingerprint density at radius 1 is 1.48 bits per heavy atom. The van der Waals surface area contributed by atoms with Crippen molar-refractivity contribution in [2.24, 2.45) is 5.92 Å². The van der Waals surface area contributed by atoms with Gasteiger partial charge in [0.1, 0.15) is 6.04 Å². The summed E-state index contributed by atoms with van der Waals surface area (Å²) in [6.45, 7) is 2.03. The quantitative estimate of drug-likeness (QED) is 0.809. The van der Waals surface area contributed by atoms with Gasteiger partial charge in [-0.05, 0) is 44.1 Å². The Morgan fingerprint density at radius 3 is 2.67 bits per heavy atom. The second-order valence-corrected chi connectivity index (χ2v) is 7.98. The fourth-order valence-electron chi connectivity index (χ4n) is 2.56. The van der Waals surface area contributed by atoms with Crippen molar-refractivity contribution in [1.29, 1.82) is 0 Å². The Bertz CT molecular complexity index is 404. The number of urea groups is 1. The third-order valence-corrected chi connectivity index (χ3v) is 6.37. The van der Waals surface area contributed by atoms with Crippen LogP contribution in [0.25, 0.3) is 0 Å². The third kappa shape index (κ3) is 3.80.